The number of hydrogen-bond donors (Lipinski definition) is 0. The molecule has 1 rings (SSSR count). The third kappa shape index (κ3) is 1.64. The Bertz CT molecular complexity index is 163. The molecule has 0 spiro atoms. The first-order valence-corrected chi connectivity index (χ1v) is 12.4. The van der Waals surface area contributed by atoms with Crippen LogP contribution in [0.25, 0.3) is 0 Å². The van der Waals surface area contributed by atoms with Crippen LogP contribution in [0.5, 0.6) is 0 Å². The van der Waals surface area contributed by atoms with Crippen LogP contribution in [-0.4, -0.2) is 0 Å². The first kappa shape index (κ1) is 7.46. The Kier molecular flexibility index (Phi) is 2.45. The molecule has 0 fully saturated rings. The molecule has 0 aromatic carbocycles. The van der Waals surface area contributed by atoms with Crippen LogP contribution in [0.2, 0.25) is 9.36 Å². The minimum absolute atomic E-state index is 1.10. The summed E-state index contributed by atoms with van der Waals surface area (Å²) < 4.78 is 6.76. The van der Waals surface area contributed by atoms with Gasteiger partial charge in [-0.2, -0.15) is 0 Å². The summed E-state index contributed by atoms with van der Waals surface area (Å²) in [5.41, 5.74) is 1.57. The van der Waals surface area contributed by atoms with Crippen LogP contribution in [0.3, 0.4) is 0 Å². The molecule has 1 heteroatoms. The molecule has 0 bridgehead atoms. The number of hydrogen-bond acceptors (Lipinski definition) is 0. The Hall–Kier alpha value is 0.350. The maximum absolute atomic E-state index is 2.47. The Morgan fingerprint density at radius 1 is 1.44 bits per heavy atom. The molecule has 0 nitrogen and oxygen atoms in total. The van der Waals surface area contributed by atoms with Gasteiger partial charge in [0.05, 0.1) is 0 Å². The Labute approximate surface area is 65.2 Å². The molecule has 0 heterocycles. The average Bonchev–Trinajstić information content (AvgIpc) is 2.13. The van der Waals surface area contributed by atoms with Gasteiger partial charge in [-0.3, -0.25) is 0 Å². The van der Waals surface area contributed by atoms with Crippen LogP contribution in [0.15, 0.2) is 21.1 Å². The molecule has 0 unspecified atom stereocenters. The van der Waals surface area contributed by atoms with Gasteiger partial charge in [0, 0.05) is 0 Å². The molecular weight excluding hydrogens is 275 g/mol. The quantitative estimate of drug-likeness (QED) is 0.651. The van der Waals surface area contributed by atoms with Crippen molar-refractivity contribution in [3.8, 4) is 0 Å². The van der Waals surface area contributed by atoms with Crippen LogP contribution < -0.4 is 0 Å². The van der Waals surface area contributed by atoms with E-state index in [1.165, 1.54) is 6.42 Å². The van der Waals surface area contributed by atoms with Gasteiger partial charge in [0.15, 0.2) is 0 Å². The predicted octanol–water partition coefficient (Wildman–Crippen LogP) is 2.93. The van der Waals surface area contributed by atoms with Crippen molar-refractivity contribution in [3.05, 3.63) is 21.1 Å². The molecule has 0 saturated carbocycles. The van der Waals surface area contributed by atoms with Crippen molar-refractivity contribution in [1.29, 1.82) is 0 Å². The SMILES string of the molecule is CC1=[C]([Hf]([CH3])[CH3])CC=C1. The molecule has 0 aliphatic heterocycles. The van der Waals surface area contributed by atoms with Gasteiger partial charge in [-0.1, -0.05) is 0 Å². The topological polar surface area (TPSA) is 0 Å². The summed E-state index contributed by atoms with van der Waals surface area (Å²) >= 11 is -1.10. The van der Waals surface area contributed by atoms with Crippen molar-refractivity contribution < 1.29 is 21.4 Å². The van der Waals surface area contributed by atoms with Crippen molar-refractivity contribution in [1.82, 2.24) is 0 Å². The standard InChI is InChI=1S/C6H7.2CH3.Hf/c1-6-4-2-3-5-6;;;/h2,4H,3H2,1H3;2*1H3;. The normalized spacial score (nSPS) is 17.2. The zero-order chi connectivity index (χ0) is 6.85. The fourth-order valence-electron chi connectivity index (χ4n) is 1.21. The second-order valence-corrected chi connectivity index (χ2v) is 12.1. The van der Waals surface area contributed by atoms with Gasteiger partial charge in [0.2, 0.25) is 0 Å². The van der Waals surface area contributed by atoms with E-state index in [9.17, 15) is 0 Å². The molecule has 9 heavy (non-hydrogen) atoms. The molecule has 0 aromatic rings. The van der Waals surface area contributed by atoms with E-state index >= 15 is 0 Å². The van der Waals surface area contributed by atoms with Crippen molar-refractivity contribution in [2.24, 2.45) is 0 Å². The van der Waals surface area contributed by atoms with Gasteiger partial charge in [-0.15, -0.1) is 0 Å². The summed E-state index contributed by atoms with van der Waals surface area (Å²) in [5, 5.41) is 0. The summed E-state index contributed by atoms with van der Waals surface area (Å²) in [7, 11) is 0. The zero-order valence-corrected chi connectivity index (χ0v) is 9.95. The summed E-state index contributed by atoms with van der Waals surface area (Å²) in [4.78, 5) is 0. The van der Waals surface area contributed by atoms with E-state index in [2.05, 4.69) is 28.4 Å². The van der Waals surface area contributed by atoms with Gasteiger partial charge in [-0.05, 0) is 0 Å². The van der Waals surface area contributed by atoms with E-state index < -0.39 is 21.4 Å². The number of rotatable bonds is 1. The predicted molar refractivity (Wildman–Crippen MR) is 38.2 cm³/mol. The summed E-state index contributed by atoms with van der Waals surface area (Å²) in [5.74, 6) is 0. The van der Waals surface area contributed by atoms with Crippen molar-refractivity contribution in [2.45, 2.75) is 22.7 Å². The molecular formula is C8H13Hf. The minimum atomic E-state index is -1.10. The Balaban J connectivity index is 2.73. The second kappa shape index (κ2) is 2.96. The first-order chi connectivity index (χ1) is 4.22. The van der Waals surface area contributed by atoms with Gasteiger partial charge < -0.3 is 0 Å². The number of allylic oxidation sites excluding steroid dienone is 4. The van der Waals surface area contributed by atoms with E-state index in [0.29, 0.717) is 0 Å². The fourth-order valence-corrected chi connectivity index (χ4v) is 6.24. The van der Waals surface area contributed by atoms with Crippen LogP contribution in [-0.2, 0) is 21.4 Å². The van der Waals surface area contributed by atoms with Crippen molar-refractivity contribution in [3.63, 3.8) is 0 Å². The van der Waals surface area contributed by atoms with Gasteiger partial charge in [-0.25, -0.2) is 0 Å². The van der Waals surface area contributed by atoms with E-state index in [0.717, 1.165) is 0 Å². The van der Waals surface area contributed by atoms with Crippen LogP contribution in [0.4, 0.5) is 0 Å². The van der Waals surface area contributed by atoms with Crippen molar-refractivity contribution in [2.75, 3.05) is 0 Å². The average molecular weight is 288 g/mol. The summed E-state index contributed by atoms with van der Waals surface area (Å²) in [6.07, 6.45) is 5.84. The molecule has 0 amide bonds. The Morgan fingerprint density at radius 2 is 2.11 bits per heavy atom. The molecule has 0 radical (unpaired) electrons. The van der Waals surface area contributed by atoms with E-state index in [4.69, 9.17) is 0 Å². The summed E-state index contributed by atoms with van der Waals surface area (Å²) in [6.45, 7) is 2.25. The molecule has 1 aliphatic rings. The second-order valence-electron chi connectivity index (χ2n) is 2.77. The van der Waals surface area contributed by atoms with Crippen LogP contribution >= 0.6 is 0 Å². The van der Waals surface area contributed by atoms with Gasteiger partial charge in [0.1, 0.15) is 0 Å². The molecule has 1 aliphatic carbocycles. The molecule has 0 saturated heterocycles. The first-order valence-electron chi connectivity index (χ1n) is 3.38. The van der Waals surface area contributed by atoms with Gasteiger partial charge in [0.25, 0.3) is 0 Å². The zero-order valence-electron chi connectivity index (χ0n) is 6.36. The fraction of sp³-hybridized carbons (Fsp3) is 0.500. The van der Waals surface area contributed by atoms with E-state index in [1.807, 2.05) is 3.33 Å². The van der Waals surface area contributed by atoms with Crippen LogP contribution in [0, 0.1) is 0 Å². The summed E-state index contributed by atoms with van der Waals surface area (Å²) in [6, 6.07) is 0. The van der Waals surface area contributed by atoms with Crippen molar-refractivity contribution >= 4 is 0 Å². The molecule has 0 atom stereocenters. The molecule has 0 aromatic heterocycles. The van der Waals surface area contributed by atoms with E-state index in [-0.39, 0.29) is 0 Å². The van der Waals surface area contributed by atoms with Gasteiger partial charge >= 0.3 is 65.2 Å². The van der Waals surface area contributed by atoms with E-state index in [1.54, 1.807) is 5.57 Å². The monoisotopic (exact) mass is 289 g/mol. The van der Waals surface area contributed by atoms with Crippen LogP contribution in [0.1, 0.15) is 13.3 Å². The molecule has 49 valence electrons. The third-order valence-electron chi connectivity index (χ3n) is 1.77. The molecule has 0 N–H and O–H groups in total. The Morgan fingerprint density at radius 3 is 2.33 bits per heavy atom. The third-order valence-corrected chi connectivity index (χ3v) is 8.26. The maximum atomic E-state index is 2.47.